The average molecular weight is 306 g/mol. The lowest BCUT2D eigenvalue weighted by Gasteiger charge is -2.01. The number of nitrogens with one attached hydrogen (secondary N) is 1. The van der Waals surface area contributed by atoms with E-state index >= 15 is 0 Å². The van der Waals surface area contributed by atoms with E-state index in [4.69, 9.17) is 5.11 Å². The lowest BCUT2D eigenvalue weighted by atomic mass is 10.2. The number of hydrogen-bond donors (Lipinski definition) is 2. The van der Waals surface area contributed by atoms with Crippen LogP contribution in [-0.2, 0) is 6.54 Å². The Morgan fingerprint density at radius 2 is 2.30 bits per heavy atom. The lowest BCUT2D eigenvalue weighted by molar-refractivity contribution is 0.0955. The van der Waals surface area contributed by atoms with Crippen molar-refractivity contribution in [3.8, 4) is 11.8 Å². The highest BCUT2D eigenvalue weighted by Gasteiger charge is 2.12. The molecule has 4 nitrogen and oxygen atoms in total. The molecule has 2 aromatic rings. The van der Waals surface area contributed by atoms with Crippen molar-refractivity contribution < 1.29 is 9.90 Å². The van der Waals surface area contributed by atoms with E-state index in [1.165, 1.54) is 22.7 Å². The van der Waals surface area contributed by atoms with Crippen LogP contribution < -0.4 is 5.32 Å². The van der Waals surface area contributed by atoms with Crippen molar-refractivity contribution in [1.82, 2.24) is 10.3 Å². The summed E-state index contributed by atoms with van der Waals surface area (Å²) in [7, 11) is 0. The minimum atomic E-state index is -0.177. The highest BCUT2D eigenvalue weighted by molar-refractivity contribution is 7.14. The number of aliphatic hydroxyl groups excluding tert-OH is 1. The van der Waals surface area contributed by atoms with Crippen LogP contribution in [0.15, 0.2) is 11.6 Å². The maximum absolute atomic E-state index is 12.1. The Morgan fingerprint density at radius 1 is 1.50 bits per heavy atom. The van der Waals surface area contributed by atoms with E-state index in [0.29, 0.717) is 11.4 Å². The Bertz CT molecular complexity index is 677. The van der Waals surface area contributed by atoms with Crippen LogP contribution in [0.2, 0.25) is 0 Å². The summed E-state index contributed by atoms with van der Waals surface area (Å²) in [5, 5.41) is 11.6. The highest BCUT2D eigenvalue weighted by Crippen LogP contribution is 2.21. The summed E-state index contributed by atoms with van der Waals surface area (Å²) >= 11 is 2.87. The zero-order valence-corrected chi connectivity index (χ0v) is 12.8. The molecule has 0 atom stereocenters. The molecule has 0 unspecified atom stereocenters. The molecule has 104 valence electrons. The Kier molecular flexibility index (Phi) is 4.90. The predicted octanol–water partition coefficient (Wildman–Crippen LogP) is 2.10. The molecule has 0 saturated carbocycles. The van der Waals surface area contributed by atoms with Gasteiger partial charge in [0.2, 0.25) is 0 Å². The van der Waals surface area contributed by atoms with E-state index in [0.717, 1.165) is 21.0 Å². The standard InChI is InChI=1S/C14H14N2O2S2/c1-9-6-12(20-11(9)4-3-5-17)14(18)15-7-13-10(2)16-8-19-13/h6,8,17H,5,7H2,1-2H3,(H,15,18). The number of thiophene rings is 1. The van der Waals surface area contributed by atoms with Gasteiger partial charge in [0.25, 0.3) is 5.91 Å². The molecule has 20 heavy (non-hydrogen) atoms. The van der Waals surface area contributed by atoms with Crippen LogP contribution in [0.4, 0.5) is 0 Å². The summed E-state index contributed by atoms with van der Waals surface area (Å²) in [6.07, 6.45) is 0. The molecule has 0 bridgehead atoms. The Morgan fingerprint density at radius 3 is 2.95 bits per heavy atom. The maximum Gasteiger partial charge on any atom is 0.261 e. The number of aromatic nitrogens is 1. The molecule has 2 aromatic heterocycles. The normalized spacial score (nSPS) is 9.95. The van der Waals surface area contributed by atoms with Crippen LogP contribution in [0.25, 0.3) is 0 Å². The number of nitrogens with zero attached hydrogens (tertiary/aromatic N) is 1. The molecule has 2 heterocycles. The molecule has 0 fully saturated rings. The van der Waals surface area contributed by atoms with Gasteiger partial charge in [-0.3, -0.25) is 4.79 Å². The summed E-state index contributed by atoms with van der Waals surface area (Å²) < 4.78 is 0. The Labute approximate surface area is 125 Å². The van der Waals surface area contributed by atoms with Crippen LogP contribution in [0, 0.1) is 25.7 Å². The molecular formula is C14H14N2O2S2. The number of carbonyl (C=O) groups excluding carboxylic acids is 1. The van der Waals surface area contributed by atoms with Crippen molar-refractivity contribution in [2.75, 3.05) is 6.61 Å². The number of aryl methyl sites for hydroxylation is 2. The van der Waals surface area contributed by atoms with E-state index in [-0.39, 0.29) is 12.5 Å². The molecule has 2 rings (SSSR count). The first-order chi connectivity index (χ1) is 9.61. The van der Waals surface area contributed by atoms with Crippen molar-refractivity contribution in [2.24, 2.45) is 0 Å². The van der Waals surface area contributed by atoms with Gasteiger partial charge in [0.15, 0.2) is 0 Å². The first kappa shape index (κ1) is 14.7. The third-order valence-corrected chi connectivity index (χ3v) is 4.76. The summed E-state index contributed by atoms with van der Waals surface area (Å²) in [5.41, 5.74) is 3.68. The van der Waals surface area contributed by atoms with Gasteiger partial charge in [-0.25, -0.2) is 4.98 Å². The topological polar surface area (TPSA) is 62.2 Å². The highest BCUT2D eigenvalue weighted by atomic mass is 32.1. The fourth-order valence-electron chi connectivity index (χ4n) is 1.58. The first-order valence-electron chi connectivity index (χ1n) is 5.99. The van der Waals surface area contributed by atoms with E-state index in [2.05, 4.69) is 22.1 Å². The van der Waals surface area contributed by atoms with Gasteiger partial charge in [0.1, 0.15) is 6.61 Å². The molecule has 2 N–H and O–H groups in total. The van der Waals surface area contributed by atoms with Gasteiger partial charge in [-0.2, -0.15) is 0 Å². The molecule has 0 saturated heterocycles. The molecule has 0 spiro atoms. The van der Waals surface area contributed by atoms with Crippen molar-refractivity contribution in [2.45, 2.75) is 20.4 Å². The van der Waals surface area contributed by atoms with Crippen LogP contribution in [-0.4, -0.2) is 22.6 Å². The largest absolute Gasteiger partial charge is 0.384 e. The molecule has 0 aliphatic carbocycles. The zero-order chi connectivity index (χ0) is 14.5. The third-order valence-electron chi connectivity index (χ3n) is 2.68. The number of hydrogen-bond acceptors (Lipinski definition) is 5. The zero-order valence-electron chi connectivity index (χ0n) is 11.2. The summed E-state index contributed by atoms with van der Waals surface area (Å²) in [6, 6.07) is 1.82. The second-order valence-electron chi connectivity index (χ2n) is 4.13. The lowest BCUT2D eigenvalue weighted by Crippen LogP contribution is -2.21. The van der Waals surface area contributed by atoms with Gasteiger partial charge in [-0.1, -0.05) is 11.8 Å². The van der Waals surface area contributed by atoms with Crippen molar-refractivity contribution in [3.05, 3.63) is 37.5 Å². The van der Waals surface area contributed by atoms with Crippen molar-refractivity contribution >= 4 is 28.6 Å². The number of aliphatic hydroxyl groups is 1. The Hall–Kier alpha value is -1.68. The molecule has 0 aromatic carbocycles. The fourth-order valence-corrected chi connectivity index (χ4v) is 3.26. The first-order valence-corrected chi connectivity index (χ1v) is 7.68. The molecular weight excluding hydrogens is 292 g/mol. The molecule has 0 aliphatic heterocycles. The fraction of sp³-hybridized carbons (Fsp3) is 0.286. The number of thiazole rings is 1. The van der Waals surface area contributed by atoms with Crippen LogP contribution in [0.1, 0.15) is 30.7 Å². The van der Waals surface area contributed by atoms with Gasteiger partial charge in [-0.15, -0.1) is 22.7 Å². The Balaban J connectivity index is 2.04. The van der Waals surface area contributed by atoms with E-state index < -0.39 is 0 Å². The van der Waals surface area contributed by atoms with Gasteiger partial charge < -0.3 is 10.4 Å². The van der Waals surface area contributed by atoms with Crippen molar-refractivity contribution in [3.63, 3.8) is 0 Å². The van der Waals surface area contributed by atoms with Gasteiger partial charge in [-0.05, 0) is 25.5 Å². The summed E-state index contributed by atoms with van der Waals surface area (Å²) in [4.78, 5) is 18.7. The average Bonchev–Trinajstić information content (AvgIpc) is 3.00. The molecule has 6 heteroatoms. The van der Waals surface area contributed by atoms with E-state index in [1.807, 2.05) is 19.9 Å². The second kappa shape index (κ2) is 6.66. The second-order valence-corrected chi connectivity index (χ2v) is 6.12. The maximum atomic E-state index is 12.1. The van der Waals surface area contributed by atoms with Crippen LogP contribution >= 0.6 is 22.7 Å². The van der Waals surface area contributed by atoms with Gasteiger partial charge >= 0.3 is 0 Å². The SMILES string of the molecule is Cc1cc(C(=O)NCc2scnc2C)sc1C#CCO. The summed E-state index contributed by atoms with van der Waals surface area (Å²) in [6.45, 7) is 4.14. The molecule has 0 radical (unpaired) electrons. The minimum Gasteiger partial charge on any atom is -0.384 e. The van der Waals surface area contributed by atoms with Crippen LogP contribution in [0.5, 0.6) is 0 Å². The monoisotopic (exact) mass is 306 g/mol. The summed E-state index contributed by atoms with van der Waals surface area (Å²) in [5.74, 6) is 5.34. The smallest absolute Gasteiger partial charge is 0.261 e. The minimum absolute atomic E-state index is 0.108. The molecule has 1 amide bonds. The quantitative estimate of drug-likeness (QED) is 0.854. The number of amides is 1. The molecule has 0 aliphatic rings. The predicted molar refractivity (Wildman–Crippen MR) is 81.0 cm³/mol. The van der Waals surface area contributed by atoms with Crippen LogP contribution in [0.3, 0.4) is 0 Å². The van der Waals surface area contributed by atoms with E-state index in [1.54, 1.807) is 5.51 Å². The number of carbonyl (C=O) groups is 1. The van der Waals surface area contributed by atoms with E-state index in [9.17, 15) is 4.79 Å². The van der Waals surface area contributed by atoms with Crippen molar-refractivity contribution in [1.29, 1.82) is 0 Å². The number of rotatable bonds is 3. The van der Waals surface area contributed by atoms with Gasteiger partial charge in [0, 0.05) is 4.88 Å². The van der Waals surface area contributed by atoms with Gasteiger partial charge in [0.05, 0.1) is 27.5 Å². The third kappa shape index (κ3) is 3.45.